The zero-order chi connectivity index (χ0) is 18.7. The Morgan fingerprint density at radius 3 is 2.42 bits per heavy atom. The molecule has 2 aliphatic rings. The first-order valence-electron chi connectivity index (χ1n) is 8.52. The average molecular weight is 379 g/mol. The van der Waals surface area contributed by atoms with Crippen LogP contribution in [0, 0.1) is 11.8 Å². The van der Waals surface area contributed by atoms with Crippen molar-refractivity contribution in [2.24, 2.45) is 11.8 Å². The number of nitrogens with zero attached hydrogens (tertiary/aromatic N) is 1. The minimum absolute atomic E-state index is 0.306. The highest BCUT2D eigenvalue weighted by Gasteiger charge is 2.48. The van der Waals surface area contributed by atoms with Gasteiger partial charge in [0, 0.05) is 10.7 Å². The fourth-order valence-electron chi connectivity index (χ4n) is 3.47. The fourth-order valence-corrected chi connectivity index (χ4v) is 3.66. The van der Waals surface area contributed by atoms with E-state index in [0.29, 0.717) is 23.6 Å². The van der Waals surface area contributed by atoms with Gasteiger partial charge in [0.1, 0.15) is 6.54 Å². The number of carbonyl (C=O) groups is 4. The number of fused-ring (bicyclic) bond motifs is 1. The van der Waals surface area contributed by atoms with Gasteiger partial charge < -0.3 is 10.1 Å². The van der Waals surface area contributed by atoms with Gasteiger partial charge in [-0.1, -0.05) is 30.5 Å². The molecule has 3 rings (SSSR count). The second kappa shape index (κ2) is 7.86. The summed E-state index contributed by atoms with van der Waals surface area (Å²) in [7, 11) is 0. The molecule has 1 heterocycles. The van der Waals surface area contributed by atoms with Crippen LogP contribution in [0.2, 0.25) is 5.02 Å². The van der Waals surface area contributed by atoms with Crippen molar-refractivity contribution in [3.8, 4) is 0 Å². The minimum Gasteiger partial charge on any atom is -0.454 e. The molecule has 26 heavy (non-hydrogen) atoms. The maximum Gasteiger partial charge on any atom is 0.326 e. The van der Waals surface area contributed by atoms with E-state index in [1.807, 2.05) is 0 Å². The molecule has 2 atom stereocenters. The first-order valence-corrected chi connectivity index (χ1v) is 8.90. The lowest BCUT2D eigenvalue weighted by atomic mass is 9.81. The zero-order valence-electron chi connectivity index (χ0n) is 14.1. The number of likely N-dealkylation sites (tertiary alicyclic amines) is 1. The number of anilines is 1. The Labute approximate surface area is 155 Å². The van der Waals surface area contributed by atoms with Crippen molar-refractivity contribution >= 4 is 41.0 Å². The minimum atomic E-state index is -0.786. The number of esters is 1. The summed E-state index contributed by atoms with van der Waals surface area (Å²) >= 11 is 5.82. The van der Waals surface area contributed by atoms with Crippen molar-refractivity contribution in [3.63, 3.8) is 0 Å². The molecule has 0 spiro atoms. The van der Waals surface area contributed by atoms with Crippen LogP contribution in [0.5, 0.6) is 0 Å². The molecule has 1 saturated heterocycles. The standard InChI is InChI=1S/C18H19ClN2O5/c19-11-4-3-5-12(8-11)20-15(22)10-26-16(23)9-21-17(24)13-6-1-2-7-14(13)18(21)25/h3-5,8,13-14H,1-2,6-7,9-10H2,(H,20,22)/t13-,14-/m0/s1. The third-order valence-corrected chi connectivity index (χ3v) is 4.93. The van der Waals surface area contributed by atoms with E-state index in [4.69, 9.17) is 16.3 Å². The second-order valence-electron chi connectivity index (χ2n) is 6.48. The molecule has 1 aromatic carbocycles. The van der Waals surface area contributed by atoms with Gasteiger partial charge in [0.05, 0.1) is 11.8 Å². The summed E-state index contributed by atoms with van der Waals surface area (Å²) < 4.78 is 4.89. The van der Waals surface area contributed by atoms with Crippen LogP contribution in [0.25, 0.3) is 0 Å². The molecule has 8 heteroatoms. The van der Waals surface area contributed by atoms with Crippen molar-refractivity contribution < 1.29 is 23.9 Å². The Kier molecular flexibility index (Phi) is 5.56. The predicted octanol–water partition coefficient (Wildman–Crippen LogP) is 2.00. The fraction of sp³-hybridized carbons (Fsp3) is 0.444. The molecule has 0 bridgehead atoms. The molecular weight excluding hydrogens is 360 g/mol. The molecule has 1 aliphatic carbocycles. The van der Waals surface area contributed by atoms with Crippen LogP contribution in [0.3, 0.4) is 0 Å². The number of benzene rings is 1. The Hall–Kier alpha value is -2.41. The van der Waals surface area contributed by atoms with Gasteiger partial charge in [-0.3, -0.25) is 24.1 Å². The SMILES string of the molecule is O=C(COC(=O)CN1C(=O)[C@H]2CCCC[C@@H]2C1=O)Nc1cccc(Cl)c1. The quantitative estimate of drug-likeness (QED) is 0.624. The molecule has 1 N–H and O–H groups in total. The molecular formula is C18H19ClN2O5. The highest BCUT2D eigenvalue weighted by Crippen LogP contribution is 2.37. The molecule has 1 aliphatic heterocycles. The number of ether oxygens (including phenoxy) is 1. The van der Waals surface area contributed by atoms with Gasteiger partial charge in [0.15, 0.2) is 6.61 Å². The largest absolute Gasteiger partial charge is 0.454 e. The van der Waals surface area contributed by atoms with Crippen molar-refractivity contribution in [2.45, 2.75) is 25.7 Å². The number of imide groups is 1. The number of nitrogens with one attached hydrogen (secondary N) is 1. The van der Waals surface area contributed by atoms with Gasteiger partial charge in [-0.05, 0) is 31.0 Å². The van der Waals surface area contributed by atoms with E-state index in [9.17, 15) is 19.2 Å². The molecule has 1 aromatic rings. The Morgan fingerprint density at radius 2 is 1.81 bits per heavy atom. The molecule has 0 radical (unpaired) electrons. The Bertz CT molecular complexity index is 727. The maximum atomic E-state index is 12.3. The summed E-state index contributed by atoms with van der Waals surface area (Å²) in [4.78, 5) is 49.3. The molecule has 7 nitrogen and oxygen atoms in total. The second-order valence-corrected chi connectivity index (χ2v) is 6.92. The summed E-state index contributed by atoms with van der Waals surface area (Å²) in [6.07, 6.45) is 3.20. The van der Waals surface area contributed by atoms with Gasteiger partial charge >= 0.3 is 5.97 Å². The smallest absolute Gasteiger partial charge is 0.326 e. The average Bonchev–Trinajstić information content (AvgIpc) is 2.85. The van der Waals surface area contributed by atoms with E-state index in [1.54, 1.807) is 24.3 Å². The van der Waals surface area contributed by atoms with Crippen molar-refractivity contribution in [1.82, 2.24) is 4.90 Å². The van der Waals surface area contributed by atoms with E-state index in [1.165, 1.54) is 0 Å². The van der Waals surface area contributed by atoms with Gasteiger partial charge in [-0.15, -0.1) is 0 Å². The van der Waals surface area contributed by atoms with E-state index >= 15 is 0 Å². The molecule has 2 fully saturated rings. The van der Waals surface area contributed by atoms with Crippen molar-refractivity contribution in [1.29, 1.82) is 0 Å². The monoisotopic (exact) mass is 378 g/mol. The third-order valence-electron chi connectivity index (χ3n) is 4.69. The van der Waals surface area contributed by atoms with Gasteiger partial charge in [-0.2, -0.15) is 0 Å². The summed E-state index contributed by atoms with van der Waals surface area (Å²) in [5, 5.41) is 3.01. The highest BCUT2D eigenvalue weighted by atomic mass is 35.5. The van der Waals surface area contributed by atoms with Crippen LogP contribution in [0.4, 0.5) is 5.69 Å². The molecule has 0 unspecified atom stereocenters. The first kappa shape index (κ1) is 18.4. The topological polar surface area (TPSA) is 92.8 Å². The lowest BCUT2D eigenvalue weighted by Gasteiger charge is -2.19. The number of halogens is 1. The molecule has 1 saturated carbocycles. The van der Waals surface area contributed by atoms with E-state index < -0.39 is 25.0 Å². The van der Waals surface area contributed by atoms with Crippen LogP contribution >= 0.6 is 11.6 Å². The van der Waals surface area contributed by atoms with Crippen LogP contribution in [0.15, 0.2) is 24.3 Å². The van der Waals surface area contributed by atoms with Crippen LogP contribution in [-0.2, 0) is 23.9 Å². The van der Waals surface area contributed by atoms with E-state index in [2.05, 4.69) is 5.32 Å². The summed E-state index contributed by atoms with van der Waals surface area (Å²) in [6.45, 7) is -0.955. The normalized spacial score (nSPS) is 22.1. The van der Waals surface area contributed by atoms with E-state index in [0.717, 1.165) is 17.7 Å². The zero-order valence-corrected chi connectivity index (χ0v) is 14.8. The van der Waals surface area contributed by atoms with Crippen LogP contribution in [0.1, 0.15) is 25.7 Å². The predicted molar refractivity (Wildman–Crippen MR) is 93.2 cm³/mol. The first-order chi connectivity index (χ1) is 12.5. The van der Waals surface area contributed by atoms with E-state index in [-0.39, 0.29) is 23.7 Å². The number of rotatable bonds is 5. The highest BCUT2D eigenvalue weighted by molar-refractivity contribution is 6.30. The lowest BCUT2D eigenvalue weighted by molar-refractivity contribution is -0.154. The number of amides is 3. The Balaban J connectivity index is 1.49. The lowest BCUT2D eigenvalue weighted by Crippen LogP contribution is -2.37. The number of hydrogen-bond acceptors (Lipinski definition) is 5. The van der Waals surface area contributed by atoms with Crippen molar-refractivity contribution in [3.05, 3.63) is 29.3 Å². The van der Waals surface area contributed by atoms with Crippen LogP contribution < -0.4 is 5.32 Å². The van der Waals surface area contributed by atoms with Gasteiger partial charge in [0.2, 0.25) is 11.8 Å². The molecule has 0 aromatic heterocycles. The Morgan fingerprint density at radius 1 is 1.15 bits per heavy atom. The summed E-state index contributed by atoms with van der Waals surface area (Å²) in [5.74, 6) is -2.55. The third kappa shape index (κ3) is 4.04. The number of hydrogen-bond donors (Lipinski definition) is 1. The van der Waals surface area contributed by atoms with Gasteiger partial charge in [0.25, 0.3) is 5.91 Å². The van der Waals surface area contributed by atoms with Crippen molar-refractivity contribution in [2.75, 3.05) is 18.5 Å². The number of carbonyl (C=O) groups excluding carboxylic acids is 4. The molecule has 3 amide bonds. The summed E-state index contributed by atoms with van der Waals surface area (Å²) in [6, 6.07) is 6.55. The maximum absolute atomic E-state index is 12.3. The molecule has 138 valence electrons. The van der Waals surface area contributed by atoms with Gasteiger partial charge in [-0.25, -0.2) is 0 Å². The van der Waals surface area contributed by atoms with Crippen LogP contribution in [-0.4, -0.2) is 41.7 Å². The summed E-state index contributed by atoms with van der Waals surface area (Å²) in [5.41, 5.74) is 0.479.